The number of hydrogen-bond donors (Lipinski definition) is 1. The number of amides is 1. The molecule has 26 heavy (non-hydrogen) atoms. The molecule has 4 nitrogen and oxygen atoms in total. The third-order valence-electron chi connectivity index (χ3n) is 5.35. The number of anilines is 1. The predicted molar refractivity (Wildman–Crippen MR) is 112 cm³/mol. The lowest BCUT2D eigenvalue weighted by molar-refractivity contribution is -0.116. The third kappa shape index (κ3) is 5.26. The molecule has 1 saturated heterocycles. The summed E-state index contributed by atoms with van der Waals surface area (Å²) in [5, 5.41) is 4.17. The van der Waals surface area contributed by atoms with Crippen LogP contribution in [0.15, 0.2) is 29.3 Å². The summed E-state index contributed by atoms with van der Waals surface area (Å²) in [4.78, 5) is 19.5. The maximum atomic E-state index is 12.4. The van der Waals surface area contributed by atoms with Gasteiger partial charge >= 0.3 is 0 Å². The predicted octanol–water partition coefficient (Wildman–Crippen LogP) is 4.70. The highest BCUT2D eigenvalue weighted by molar-refractivity contribution is 8.14. The number of rotatable bonds is 7. The SMILES string of the molecule is CCCCc1ccc(NC(=O)CC2CSC(=NC3CCCC3)N2C)cc1. The summed E-state index contributed by atoms with van der Waals surface area (Å²) in [7, 11) is 2.08. The zero-order valence-corrected chi connectivity index (χ0v) is 16.9. The van der Waals surface area contributed by atoms with Crippen LogP contribution in [0.5, 0.6) is 0 Å². The average molecular weight is 374 g/mol. The molecule has 1 aromatic rings. The van der Waals surface area contributed by atoms with Gasteiger partial charge in [-0.1, -0.05) is 50.1 Å². The van der Waals surface area contributed by atoms with Gasteiger partial charge in [-0.05, 0) is 43.4 Å². The lowest BCUT2D eigenvalue weighted by atomic mass is 10.1. The monoisotopic (exact) mass is 373 g/mol. The number of nitrogens with zero attached hydrogens (tertiary/aromatic N) is 2. The summed E-state index contributed by atoms with van der Waals surface area (Å²) in [5.74, 6) is 1.04. The van der Waals surface area contributed by atoms with E-state index in [0.717, 1.165) is 23.0 Å². The van der Waals surface area contributed by atoms with E-state index in [4.69, 9.17) is 4.99 Å². The van der Waals surface area contributed by atoms with Crippen molar-refractivity contribution in [3.63, 3.8) is 0 Å². The molecule has 1 saturated carbocycles. The van der Waals surface area contributed by atoms with Crippen molar-refractivity contribution < 1.29 is 4.79 Å². The standard InChI is InChI=1S/C21H31N3OS/c1-3-4-7-16-10-12-18(13-11-16)22-20(25)14-19-15-26-21(24(19)2)23-17-8-5-6-9-17/h10-13,17,19H,3-9,14-15H2,1-2H3,(H,22,25). The van der Waals surface area contributed by atoms with Gasteiger partial charge < -0.3 is 10.2 Å². The van der Waals surface area contributed by atoms with Crippen molar-refractivity contribution in [1.29, 1.82) is 0 Å². The lowest BCUT2D eigenvalue weighted by Gasteiger charge is -2.21. The summed E-state index contributed by atoms with van der Waals surface area (Å²) < 4.78 is 0. The second-order valence-corrected chi connectivity index (χ2v) is 8.47. The molecule has 3 rings (SSSR count). The maximum Gasteiger partial charge on any atom is 0.226 e. The normalized spacial score (nSPS) is 22.3. The first-order chi connectivity index (χ1) is 12.7. The van der Waals surface area contributed by atoms with Crippen LogP contribution in [0, 0.1) is 0 Å². The van der Waals surface area contributed by atoms with Crippen molar-refractivity contribution >= 4 is 28.5 Å². The van der Waals surface area contributed by atoms with Gasteiger partial charge in [0.2, 0.25) is 5.91 Å². The Labute approximate surface area is 161 Å². The molecule has 2 aliphatic rings. The fourth-order valence-electron chi connectivity index (χ4n) is 3.62. The Morgan fingerprint density at radius 3 is 2.69 bits per heavy atom. The molecular formula is C21H31N3OS. The van der Waals surface area contributed by atoms with Crippen LogP contribution in [0.2, 0.25) is 0 Å². The van der Waals surface area contributed by atoms with Gasteiger partial charge in [-0.25, -0.2) is 0 Å². The Kier molecular flexibility index (Phi) is 7.00. The van der Waals surface area contributed by atoms with Crippen LogP contribution < -0.4 is 5.32 Å². The first-order valence-electron chi connectivity index (χ1n) is 9.98. The van der Waals surface area contributed by atoms with Gasteiger partial charge in [0, 0.05) is 31.0 Å². The zero-order valence-electron chi connectivity index (χ0n) is 16.0. The molecule has 1 aromatic carbocycles. The molecule has 1 atom stereocenters. The third-order valence-corrected chi connectivity index (χ3v) is 6.55. The molecule has 1 aliphatic carbocycles. The molecule has 1 aliphatic heterocycles. The van der Waals surface area contributed by atoms with Crippen LogP contribution in [-0.2, 0) is 11.2 Å². The number of unbranched alkanes of at least 4 members (excludes halogenated alkanes) is 1. The minimum absolute atomic E-state index is 0.0888. The number of nitrogens with one attached hydrogen (secondary N) is 1. The van der Waals surface area contributed by atoms with Gasteiger partial charge in [-0.3, -0.25) is 9.79 Å². The Balaban J connectivity index is 1.48. The number of benzene rings is 1. The summed E-state index contributed by atoms with van der Waals surface area (Å²) >= 11 is 1.80. The van der Waals surface area contributed by atoms with Crippen LogP contribution in [0.3, 0.4) is 0 Å². The molecule has 5 heteroatoms. The van der Waals surface area contributed by atoms with Crippen LogP contribution in [0.25, 0.3) is 0 Å². The van der Waals surface area contributed by atoms with E-state index in [2.05, 4.69) is 36.3 Å². The van der Waals surface area contributed by atoms with Crippen LogP contribution in [0.1, 0.15) is 57.4 Å². The Morgan fingerprint density at radius 1 is 1.27 bits per heavy atom. The minimum Gasteiger partial charge on any atom is -0.350 e. The Hall–Kier alpha value is -1.49. The quantitative estimate of drug-likeness (QED) is 0.753. The van der Waals surface area contributed by atoms with E-state index in [1.807, 2.05) is 12.1 Å². The van der Waals surface area contributed by atoms with Gasteiger partial charge in [0.05, 0.1) is 6.04 Å². The zero-order chi connectivity index (χ0) is 18.4. The van der Waals surface area contributed by atoms with Crippen molar-refractivity contribution in [3.05, 3.63) is 29.8 Å². The van der Waals surface area contributed by atoms with E-state index in [-0.39, 0.29) is 11.9 Å². The van der Waals surface area contributed by atoms with E-state index in [0.29, 0.717) is 12.5 Å². The number of carbonyl (C=O) groups excluding carboxylic acids is 1. The molecular weight excluding hydrogens is 342 g/mol. The molecule has 0 spiro atoms. The van der Waals surface area contributed by atoms with Gasteiger partial charge in [0.1, 0.15) is 0 Å². The minimum atomic E-state index is 0.0888. The molecule has 0 bridgehead atoms. The van der Waals surface area contributed by atoms with Crippen LogP contribution >= 0.6 is 11.8 Å². The number of hydrogen-bond acceptors (Lipinski definition) is 3. The van der Waals surface area contributed by atoms with Gasteiger partial charge in [0.15, 0.2) is 5.17 Å². The highest BCUT2D eigenvalue weighted by Gasteiger charge is 2.30. The smallest absolute Gasteiger partial charge is 0.226 e. The number of aryl methyl sites for hydroxylation is 1. The fraction of sp³-hybridized carbons (Fsp3) is 0.619. The van der Waals surface area contributed by atoms with Crippen molar-refractivity contribution in [3.8, 4) is 0 Å². The molecule has 142 valence electrons. The van der Waals surface area contributed by atoms with Crippen molar-refractivity contribution in [1.82, 2.24) is 4.90 Å². The van der Waals surface area contributed by atoms with Crippen molar-refractivity contribution in [2.24, 2.45) is 4.99 Å². The van der Waals surface area contributed by atoms with E-state index in [1.54, 1.807) is 11.8 Å². The maximum absolute atomic E-state index is 12.4. The van der Waals surface area contributed by atoms with Crippen molar-refractivity contribution in [2.45, 2.75) is 70.4 Å². The van der Waals surface area contributed by atoms with Gasteiger partial charge in [0.25, 0.3) is 0 Å². The van der Waals surface area contributed by atoms with Crippen molar-refractivity contribution in [2.75, 3.05) is 18.1 Å². The first-order valence-corrected chi connectivity index (χ1v) is 11.0. The fourth-order valence-corrected chi connectivity index (χ4v) is 4.88. The summed E-state index contributed by atoms with van der Waals surface area (Å²) in [6.07, 6.45) is 9.09. The van der Waals surface area contributed by atoms with E-state index < -0.39 is 0 Å². The van der Waals surface area contributed by atoms with Gasteiger partial charge in [-0.2, -0.15) is 0 Å². The van der Waals surface area contributed by atoms with Crippen LogP contribution in [0.4, 0.5) is 5.69 Å². The topological polar surface area (TPSA) is 44.7 Å². The highest BCUT2D eigenvalue weighted by Crippen LogP contribution is 2.28. The van der Waals surface area contributed by atoms with Crippen LogP contribution in [-0.4, -0.2) is 40.9 Å². The first kappa shape index (κ1) is 19.3. The molecule has 2 fully saturated rings. The molecule has 0 radical (unpaired) electrons. The summed E-state index contributed by atoms with van der Waals surface area (Å²) in [6.45, 7) is 2.21. The molecule has 1 amide bonds. The Bertz CT molecular complexity index is 623. The molecule has 0 aromatic heterocycles. The molecule has 1 heterocycles. The van der Waals surface area contributed by atoms with E-state index in [9.17, 15) is 4.79 Å². The van der Waals surface area contributed by atoms with Gasteiger partial charge in [-0.15, -0.1) is 0 Å². The Morgan fingerprint density at radius 2 is 2.00 bits per heavy atom. The summed E-state index contributed by atoms with van der Waals surface area (Å²) in [6, 6.07) is 9.01. The molecule has 1 N–H and O–H groups in total. The second-order valence-electron chi connectivity index (χ2n) is 7.48. The second kappa shape index (κ2) is 9.45. The summed E-state index contributed by atoms with van der Waals surface area (Å²) in [5.41, 5.74) is 2.23. The number of aliphatic imine (C=N–C) groups is 1. The van der Waals surface area contributed by atoms with E-state index in [1.165, 1.54) is 44.1 Å². The van der Waals surface area contributed by atoms with E-state index >= 15 is 0 Å². The number of carbonyl (C=O) groups is 1. The largest absolute Gasteiger partial charge is 0.350 e. The lowest BCUT2D eigenvalue weighted by Crippen LogP contribution is -2.34. The average Bonchev–Trinajstić information content (AvgIpc) is 3.27. The number of amidine groups is 1. The highest BCUT2D eigenvalue weighted by atomic mass is 32.2. The number of thioether (sulfide) groups is 1. The molecule has 1 unspecified atom stereocenters.